The van der Waals surface area contributed by atoms with Crippen LogP contribution in [0.2, 0.25) is 0 Å². The molecule has 1 aliphatic heterocycles. The van der Waals surface area contributed by atoms with Crippen molar-refractivity contribution >= 4 is 44.9 Å². The molecule has 0 bridgehead atoms. The first-order valence-corrected chi connectivity index (χ1v) is 8.57. The highest BCUT2D eigenvalue weighted by Gasteiger charge is 2.45. The van der Waals surface area contributed by atoms with E-state index in [2.05, 4.69) is 27.1 Å². The predicted octanol–water partition coefficient (Wildman–Crippen LogP) is 2.99. The first kappa shape index (κ1) is 16.7. The van der Waals surface area contributed by atoms with Crippen LogP contribution in [-0.4, -0.2) is 16.8 Å². The number of aryl methyl sites for hydroxylation is 1. The second kappa shape index (κ2) is 6.77. The van der Waals surface area contributed by atoms with Gasteiger partial charge in [0.2, 0.25) is 6.04 Å². The molecule has 1 aromatic heterocycles. The van der Waals surface area contributed by atoms with Crippen molar-refractivity contribution in [2.45, 2.75) is 18.9 Å². The van der Waals surface area contributed by atoms with Crippen LogP contribution in [-0.2, 0) is 4.79 Å². The molecular formula is C18H14BrN3OS. The lowest BCUT2D eigenvalue weighted by Gasteiger charge is -2.30. The fourth-order valence-corrected chi connectivity index (χ4v) is 3.52. The number of hydrogen-bond donors (Lipinski definition) is 1. The zero-order chi connectivity index (χ0) is 17.3. The van der Waals surface area contributed by atoms with Crippen LogP contribution in [0.25, 0.3) is 5.41 Å². The van der Waals surface area contributed by atoms with Crippen molar-refractivity contribution in [3.63, 3.8) is 0 Å². The Kier molecular flexibility index (Phi) is 4.71. The van der Waals surface area contributed by atoms with Gasteiger partial charge in [0.1, 0.15) is 4.99 Å². The molecule has 2 aromatic rings. The molecule has 120 valence electrons. The second-order valence-corrected chi connectivity index (χ2v) is 6.89. The molecule has 4 nitrogen and oxygen atoms in total. The molecule has 0 saturated carbocycles. The van der Waals surface area contributed by atoms with Crippen molar-refractivity contribution in [2.75, 3.05) is 0 Å². The van der Waals surface area contributed by atoms with Gasteiger partial charge in [-0.2, -0.15) is 4.57 Å². The number of pyridine rings is 1. The lowest BCUT2D eigenvalue weighted by atomic mass is 9.81. The topological polar surface area (TPSA) is 55.3 Å². The van der Waals surface area contributed by atoms with Crippen LogP contribution < -0.4 is 9.88 Å². The summed E-state index contributed by atoms with van der Waals surface area (Å²) in [6, 6.07) is 12.8. The molecule has 1 aliphatic rings. The number of rotatable bonds is 2. The summed E-state index contributed by atoms with van der Waals surface area (Å²) in [6.07, 6.45) is 1.86. The third-order valence-corrected chi connectivity index (χ3v) is 4.98. The molecule has 1 aromatic carbocycles. The summed E-state index contributed by atoms with van der Waals surface area (Å²) in [4.78, 5) is 12.9. The Labute approximate surface area is 153 Å². The maximum Gasteiger partial charge on any atom is 0.295 e. The highest BCUT2D eigenvalue weighted by molar-refractivity contribution is 9.10. The van der Waals surface area contributed by atoms with Crippen molar-refractivity contribution in [3.05, 3.63) is 75.4 Å². The summed E-state index contributed by atoms with van der Waals surface area (Å²) < 4.78 is 2.83. The Bertz CT molecular complexity index is 872. The SMILES string of the molecule is Cc1cccc[n+]1C1C(=O)NC(=S)C(=C=[N-])C1c1ccc(Br)cc1. The maximum atomic E-state index is 12.7. The molecule has 1 fully saturated rings. The van der Waals surface area contributed by atoms with Gasteiger partial charge < -0.3 is 10.7 Å². The van der Waals surface area contributed by atoms with Crippen LogP contribution in [0.5, 0.6) is 0 Å². The van der Waals surface area contributed by atoms with Crippen molar-refractivity contribution in [2.24, 2.45) is 0 Å². The zero-order valence-corrected chi connectivity index (χ0v) is 15.3. The summed E-state index contributed by atoms with van der Waals surface area (Å²) in [5, 5.41) is 12.3. The molecule has 0 spiro atoms. The molecule has 1 amide bonds. The lowest BCUT2D eigenvalue weighted by molar-refractivity contribution is -0.717. The second-order valence-electron chi connectivity index (χ2n) is 5.57. The Hall–Kier alpha value is -2.14. The van der Waals surface area contributed by atoms with E-state index in [1.54, 1.807) is 0 Å². The van der Waals surface area contributed by atoms with Crippen molar-refractivity contribution in [3.8, 4) is 0 Å². The van der Waals surface area contributed by atoms with Gasteiger partial charge in [-0.05, 0) is 17.7 Å². The maximum absolute atomic E-state index is 12.7. The molecule has 2 atom stereocenters. The monoisotopic (exact) mass is 399 g/mol. The number of carbonyl (C=O) groups is 1. The van der Waals surface area contributed by atoms with Gasteiger partial charge in [-0.25, -0.2) is 0 Å². The number of carbonyl (C=O) groups excluding carboxylic acids is 1. The molecule has 2 unspecified atom stereocenters. The Balaban J connectivity index is 2.21. The molecular weight excluding hydrogens is 386 g/mol. The molecule has 3 rings (SSSR count). The molecule has 0 aliphatic carbocycles. The van der Waals surface area contributed by atoms with E-state index in [-0.39, 0.29) is 10.9 Å². The highest BCUT2D eigenvalue weighted by atomic mass is 79.9. The van der Waals surface area contributed by atoms with Gasteiger partial charge in [-0.1, -0.05) is 46.3 Å². The Morgan fingerprint density at radius 2 is 1.96 bits per heavy atom. The number of piperidine rings is 1. The van der Waals surface area contributed by atoms with E-state index in [9.17, 15) is 10.2 Å². The van der Waals surface area contributed by atoms with Gasteiger partial charge in [0.05, 0.1) is 5.92 Å². The fourth-order valence-electron chi connectivity index (χ4n) is 2.98. The largest absolute Gasteiger partial charge is 0.763 e. The van der Waals surface area contributed by atoms with Crippen molar-refractivity contribution in [1.82, 2.24) is 5.32 Å². The Morgan fingerprint density at radius 3 is 2.58 bits per heavy atom. The summed E-state index contributed by atoms with van der Waals surface area (Å²) in [5.74, 6) is 1.57. The molecule has 1 N–H and O–H groups in total. The molecule has 24 heavy (non-hydrogen) atoms. The van der Waals surface area contributed by atoms with E-state index >= 15 is 0 Å². The van der Waals surface area contributed by atoms with Crippen LogP contribution in [0.4, 0.5) is 0 Å². The zero-order valence-electron chi connectivity index (χ0n) is 12.9. The average Bonchev–Trinajstić information content (AvgIpc) is 2.56. The highest BCUT2D eigenvalue weighted by Crippen LogP contribution is 2.35. The Morgan fingerprint density at radius 1 is 1.25 bits per heavy atom. The third-order valence-electron chi connectivity index (χ3n) is 4.13. The number of halogens is 1. The van der Waals surface area contributed by atoms with Crippen LogP contribution in [0, 0.1) is 6.92 Å². The smallest absolute Gasteiger partial charge is 0.295 e. The predicted molar refractivity (Wildman–Crippen MR) is 99.9 cm³/mol. The van der Waals surface area contributed by atoms with E-state index in [1.807, 2.05) is 60.2 Å². The minimum Gasteiger partial charge on any atom is -0.763 e. The summed E-state index contributed by atoms with van der Waals surface area (Å²) in [5.41, 5.74) is 2.23. The standard InChI is InChI=1S/C18H14BrN3OS/c1-11-4-2-3-9-22(11)16-15(12-5-7-13(19)8-6-12)14(10-20)18(24)21-17(16)23/h2-9,15-16H,1H3,(H,21,23,24). The van der Waals surface area contributed by atoms with Crippen LogP contribution in [0.15, 0.2) is 58.7 Å². The molecule has 0 radical (unpaired) electrons. The molecule has 1 saturated heterocycles. The number of benzene rings is 1. The number of aromatic nitrogens is 1. The fraction of sp³-hybridized carbons (Fsp3) is 0.167. The number of hydrogen-bond acceptors (Lipinski definition) is 2. The van der Waals surface area contributed by atoms with Gasteiger partial charge >= 0.3 is 0 Å². The number of nitrogens with one attached hydrogen (secondary N) is 1. The number of thiocarbonyl (C=S) groups is 1. The van der Waals surface area contributed by atoms with E-state index in [0.717, 1.165) is 15.7 Å². The lowest BCUT2D eigenvalue weighted by Crippen LogP contribution is -2.57. The first-order valence-electron chi connectivity index (χ1n) is 7.37. The minimum atomic E-state index is -0.561. The first-order chi connectivity index (χ1) is 11.5. The van der Waals surface area contributed by atoms with Crippen LogP contribution >= 0.6 is 28.1 Å². The summed E-state index contributed by atoms with van der Waals surface area (Å²) >= 11 is 8.65. The third kappa shape index (κ3) is 2.96. The summed E-state index contributed by atoms with van der Waals surface area (Å²) in [7, 11) is 0. The quantitative estimate of drug-likeness (QED) is 0.365. The van der Waals surface area contributed by atoms with E-state index < -0.39 is 12.0 Å². The minimum absolute atomic E-state index is 0.203. The van der Waals surface area contributed by atoms with Gasteiger partial charge in [0, 0.05) is 29.1 Å². The van der Waals surface area contributed by atoms with E-state index in [1.165, 1.54) is 0 Å². The number of amides is 1. The average molecular weight is 400 g/mol. The van der Waals surface area contributed by atoms with Crippen molar-refractivity contribution < 1.29 is 9.36 Å². The van der Waals surface area contributed by atoms with Crippen LogP contribution in [0.1, 0.15) is 23.2 Å². The van der Waals surface area contributed by atoms with Gasteiger partial charge in [-0.3, -0.25) is 10.7 Å². The van der Waals surface area contributed by atoms with E-state index in [4.69, 9.17) is 12.2 Å². The van der Waals surface area contributed by atoms with Crippen LogP contribution in [0.3, 0.4) is 0 Å². The van der Waals surface area contributed by atoms with E-state index in [0.29, 0.717) is 5.57 Å². The summed E-state index contributed by atoms with van der Waals surface area (Å²) in [6.45, 7) is 1.94. The van der Waals surface area contributed by atoms with Gasteiger partial charge in [-0.15, -0.1) is 0 Å². The molecule has 2 heterocycles. The van der Waals surface area contributed by atoms with Gasteiger partial charge in [0.15, 0.2) is 11.9 Å². The number of nitrogens with zero attached hydrogens (tertiary/aromatic N) is 2. The molecule has 6 heteroatoms. The van der Waals surface area contributed by atoms with Gasteiger partial charge in [0.25, 0.3) is 5.91 Å². The van der Waals surface area contributed by atoms with Crippen molar-refractivity contribution in [1.29, 1.82) is 0 Å². The normalized spacial score (nSPS) is 20.5.